The molecular formula is C30H38N6O2. The number of nitrogens with one attached hydrogen (secondary N) is 1. The van der Waals surface area contributed by atoms with Gasteiger partial charge >= 0.3 is 0 Å². The van der Waals surface area contributed by atoms with Crippen LogP contribution < -0.4 is 15.0 Å². The molecule has 8 nitrogen and oxygen atoms in total. The molecule has 1 unspecified atom stereocenters. The van der Waals surface area contributed by atoms with Gasteiger partial charge in [0.15, 0.2) is 5.75 Å². The summed E-state index contributed by atoms with van der Waals surface area (Å²) in [6, 6.07) is 4.93. The van der Waals surface area contributed by atoms with Crippen LogP contribution in [0.25, 0.3) is 0 Å². The summed E-state index contributed by atoms with van der Waals surface area (Å²) in [5.41, 5.74) is 6.68. The number of nitrogens with zero attached hydrogens (tertiary/aromatic N) is 5. The van der Waals surface area contributed by atoms with Gasteiger partial charge in [-0.15, -0.1) is 0 Å². The third-order valence-electron chi connectivity index (χ3n) is 8.91. The zero-order valence-electron chi connectivity index (χ0n) is 22.4. The van der Waals surface area contributed by atoms with E-state index in [1.165, 1.54) is 30.6 Å². The van der Waals surface area contributed by atoms with Gasteiger partial charge in [-0.2, -0.15) is 0 Å². The third kappa shape index (κ3) is 4.24. The largest absolute Gasteiger partial charge is 0.482 e. The first-order chi connectivity index (χ1) is 18.6. The molecule has 0 spiro atoms. The second-order valence-electron chi connectivity index (χ2n) is 11.4. The summed E-state index contributed by atoms with van der Waals surface area (Å²) in [5, 5.41) is 3.70. The van der Waals surface area contributed by atoms with Gasteiger partial charge in [-0.05, 0) is 44.4 Å². The molecule has 1 saturated carbocycles. The van der Waals surface area contributed by atoms with E-state index in [0.29, 0.717) is 17.9 Å². The Kier molecular flexibility index (Phi) is 6.04. The SMILES string of the molecule is C=CC(=C)N1CCC(N2CC(c3cc4c(c(C5CC5)n3)O[C@@H](C)c3c(N5CCOCC5)ccnc3N4)C2)C1. The van der Waals surface area contributed by atoms with Gasteiger partial charge in [0.05, 0.1) is 30.2 Å². The number of rotatable bonds is 6. The van der Waals surface area contributed by atoms with Gasteiger partial charge in [-0.25, -0.2) is 4.98 Å². The number of likely N-dealkylation sites (tertiary alicyclic amines) is 2. The van der Waals surface area contributed by atoms with E-state index in [0.717, 1.165) is 86.7 Å². The van der Waals surface area contributed by atoms with Crippen molar-refractivity contribution in [2.45, 2.75) is 50.2 Å². The monoisotopic (exact) mass is 514 g/mol. The number of pyridine rings is 2. The Morgan fingerprint density at radius 2 is 1.92 bits per heavy atom. The number of hydrogen-bond donors (Lipinski definition) is 1. The van der Waals surface area contributed by atoms with Crippen LogP contribution in [-0.2, 0) is 4.74 Å². The number of allylic oxidation sites excluding steroid dienone is 1. The zero-order valence-corrected chi connectivity index (χ0v) is 22.4. The number of hydrogen-bond acceptors (Lipinski definition) is 8. The molecule has 2 atom stereocenters. The second kappa shape index (κ2) is 9.58. The van der Waals surface area contributed by atoms with E-state index in [1.807, 2.05) is 12.3 Å². The fourth-order valence-electron chi connectivity index (χ4n) is 6.47. The Hall–Kier alpha value is -3.10. The van der Waals surface area contributed by atoms with Crippen LogP contribution >= 0.6 is 0 Å². The Morgan fingerprint density at radius 1 is 1.11 bits per heavy atom. The normalized spacial score (nSPS) is 25.5. The first kappa shape index (κ1) is 24.0. The first-order valence-corrected chi connectivity index (χ1v) is 14.2. The molecule has 4 fully saturated rings. The van der Waals surface area contributed by atoms with E-state index in [4.69, 9.17) is 19.4 Å². The fraction of sp³-hybridized carbons (Fsp3) is 0.533. The Balaban J connectivity index is 1.15. The van der Waals surface area contributed by atoms with Crippen molar-refractivity contribution in [2.24, 2.45) is 0 Å². The summed E-state index contributed by atoms with van der Waals surface area (Å²) in [6.07, 6.45) is 7.22. The van der Waals surface area contributed by atoms with Crippen LogP contribution in [0.5, 0.6) is 5.75 Å². The standard InChI is InChI=1S/C30H38N6O2/c1-4-19(2)35-10-8-23(18-35)36-16-22(17-36)24-15-25-29(28(32-24)21-5-6-21)38-20(3)27-26(7-9-31-30(27)33-25)34-11-13-37-14-12-34/h4,7,9,15,20-23H,1-2,5-6,8,10-14,16-18H2,3H3,(H,31,33)/t20-,23?/m0/s1. The lowest BCUT2D eigenvalue weighted by Crippen LogP contribution is -2.51. The van der Waals surface area contributed by atoms with E-state index >= 15 is 0 Å². The summed E-state index contributed by atoms with van der Waals surface area (Å²) < 4.78 is 12.3. The van der Waals surface area contributed by atoms with Gasteiger partial charge < -0.3 is 24.6 Å². The smallest absolute Gasteiger partial charge is 0.165 e. The van der Waals surface area contributed by atoms with E-state index in [2.05, 4.69) is 52.2 Å². The lowest BCUT2D eigenvalue weighted by Gasteiger charge is -2.43. The molecule has 4 aliphatic heterocycles. The average Bonchev–Trinajstić information content (AvgIpc) is 3.67. The number of aromatic nitrogens is 2. The first-order valence-electron chi connectivity index (χ1n) is 14.2. The highest BCUT2D eigenvalue weighted by molar-refractivity contribution is 5.75. The maximum Gasteiger partial charge on any atom is 0.165 e. The minimum absolute atomic E-state index is 0.120. The lowest BCUT2D eigenvalue weighted by atomic mass is 9.92. The maximum atomic E-state index is 6.73. The highest BCUT2D eigenvalue weighted by atomic mass is 16.5. The van der Waals surface area contributed by atoms with E-state index in [1.54, 1.807) is 0 Å². The van der Waals surface area contributed by atoms with Gasteiger partial charge in [0, 0.05) is 80.4 Å². The molecular weight excluding hydrogens is 476 g/mol. The summed E-state index contributed by atoms with van der Waals surface area (Å²) in [6.45, 7) is 17.7. The van der Waals surface area contributed by atoms with Crippen molar-refractivity contribution in [3.63, 3.8) is 0 Å². The van der Waals surface area contributed by atoms with Crippen molar-refractivity contribution in [1.82, 2.24) is 19.8 Å². The molecule has 3 saturated heterocycles. The van der Waals surface area contributed by atoms with Crippen molar-refractivity contribution in [2.75, 3.05) is 62.7 Å². The van der Waals surface area contributed by atoms with Crippen LogP contribution in [0.3, 0.4) is 0 Å². The molecule has 1 aliphatic carbocycles. The third-order valence-corrected chi connectivity index (χ3v) is 8.91. The minimum atomic E-state index is -0.120. The fourth-order valence-corrected chi connectivity index (χ4v) is 6.47. The molecule has 0 radical (unpaired) electrons. The highest BCUT2D eigenvalue weighted by Crippen LogP contribution is 2.51. The quantitative estimate of drug-likeness (QED) is 0.563. The predicted molar refractivity (Wildman–Crippen MR) is 149 cm³/mol. The Labute approximate surface area is 225 Å². The molecule has 7 rings (SSSR count). The van der Waals surface area contributed by atoms with Crippen molar-refractivity contribution in [3.8, 4) is 5.75 Å². The topological polar surface area (TPSA) is 66.0 Å². The van der Waals surface area contributed by atoms with Crippen LogP contribution in [-0.4, -0.2) is 78.3 Å². The molecule has 200 valence electrons. The second-order valence-corrected chi connectivity index (χ2v) is 11.4. The molecule has 1 N–H and O–H groups in total. The Bertz CT molecular complexity index is 1250. The summed E-state index contributed by atoms with van der Waals surface area (Å²) in [5.74, 6) is 2.75. The van der Waals surface area contributed by atoms with E-state index in [9.17, 15) is 0 Å². The molecule has 8 heteroatoms. The molecule has 2 aromatic rings. The molecule has 2 aromatic heterocycles. The number of ether oxygens (including phenoxy) is 2. The van der Waals surface area contributed by atoms with Gasteiger partial charge in [0.1, 0.15) is 11.9 Å². The summed E-state index contributed by atoms with van der Waals surface area (Å²) in [4.78, 5) is 17.4. The number of fused-ring (bicyclic) bond motifs is 2. The minimum Gasteiger partial charge on any atom is -0.482 e. The van der Waals surface area contributed by atoms with E-state index in [-0.39, 0.29) is 6.10 Å². The van der Waals surface area contributed by atoms with Crippen LogP contribution in [0.2, 0.25) is 0 Å². The lowest BCUT2D eigenvalue weighted by molar-refractivity contribution is 0.0943. The van der Waals surface area contributed by atoms with Crippen molar-refractivity contribution in [1.29, 1.82) is 0 Å². The van der Waals surface area contributed by atoms with Crippen LogP contribution in [0.1, 0.15) is 61.1 Å². The highest BCUT2D eigenvalue weighted by Gasteiger charge is 2.40. The van der Waals surface area contributed by atoms with Crippen molar-refractivity contribution >= 4 is 17.2 Å². The van der Waals surface area contributed by atoms with Gasteiger partial charge in [0.25, 0.3) is 0 Å². The zero-order chi connectivity index (χ0) is 25.8. The van der Waals surface area contributed by atoms with Crippen molar-refractivity contribution in [3.05, 3.63) is 60.2 Å². The van der Waals surface area contributed by atoms with E-state index < -0.39 is 0 Å². The maximum absolute atomic E-state index is 6.73. The molecule has 38 heavy (non-hydrogen) atoms. The molecule has 0 bridgehead atoms. The van der Waals surface area contributed by atoms with Crippen LogP contribution in [0, 0.1) is 0 Å². The van der Waals surface area contributed by atoms with Gasteiger partial charge in [-0.1, -0.05) is 13.2 Å². The summed E-state index contributed by atoms with van der Waals surface area (Å²) >= 11 is 0. The van der Waals surface area contributed by atoms with Crippen molar-refractivity contribution < 1.29 is 9.47 Å². The predicted octanol–water partition coefficient (Wildman–Crippen LogP) is 4.56. The van der Waals surface area contributed by atoms with Gasteiger partial charge in [0.2, 0.25) is 0 Å². The Morgan fingerprint density at radius 3 is 2.68 bits per heavy atom. The van der Waals surface area contributed by atoms with Crippen LogP contribution in [0.15, 0.2) is 43.3 Å². The summed E-state index contributed by atoms with van der Waals surface area (Å²) in [7, 11) is 0. The molecule has 0 aromatic carbocycles. The number of anilines is 3. The molecule has 6 heterocycles. The van der Waals surface area contributed by atoms with Crippen LogP contribution in [0.4, 0.5) is 17.2 Å². The van der Waals surface area contributed by atoms with Gasteiger partial charge in [-0.3, -0.25) is 9.88 Å². The molecule has 0 amide bonds. The average molecular weight is 515 g/mol. The number of morpholine rings is 1. The molecule has 5 aliphatic rings.